The van der Waals surface area contributed by atoms with Crippen LogP contribution in [0, 0.1) is 11.3 Å². The van der Waals surface area contributed by atoms with Crippen LogP contribution in [0.3, 0.4) is 0 Å². The Labute approximate surface area is 142 Å². The molecule has 5 heteroatoms. The fraction of sp³-hybridized carbons (Fsp3) is 0.579. The lowest BCUT2D eigenvalue weighted by Gasteiger charge is -2.42. The van der Waals surface area contributed by atoms with Gasteiger partial charge in [-0.15, -0.1) is 0 Å². The van der Waals surface area contributed by atoms with Crippen LogP contribution in [0.4, 0.5) is 0 Å². The smallest absolute Gasteiger partial charge is 0.308 e. The number of rotatable bonds is 6. The lowest BCUT2D eigenvalue weighted by molar-refractivity contribution is -0.148. The molecular weight excluding hydrogens is 306 g/mol. The molecule has 1 heterocycles. The Kier molecular flexibility index (Phi) is 4.90. The predicted octanol–water partition coefficient (Wildman–Crippen LogP) is 2.52. The van der Waals surface area contributed by atoms with Gasteiger partial charge in [0.05, 0.1) is 11.3 Å². The van der Waals surface area contributed by atoms with Crippen LogP contribution in [0.2, 0.25) is 0 Å². The number of benzene rings is 1. The second kappa shape index (κ2) is 6.93. The van der Waals surface area contributed by atoms with Gasteiger partial charge < -0.3 is 14.7 Å². The summed E-state index contributed by atoms with van der Waals surface area (Å²) in [6.07, 6.45) is 3.57. The maximum absolute atomic E-state index is 13.1. The lowest BCUT2D eigenvalue weighted by atomic mass is 9.66. The van der Waals surface area contributed by atoms with E-state index >= 15 is 0 Å². The van der Waals surface area contributed by atoms with Gasteiger partial charge in [-0.05, 0) is 24.8 Å². The van der Waals surface area contributed by atoms with Crippen LogP contribution in [0.1, 0.15) is 37.2 Å². The largest absolute Gasteiger partial charge is 0.481 e. The molecule has 0 spiro atoms. The van der Waals surface area contributed by atoms with Crippen molar-refractivity contribution in [2.45, 2.75) is 31.6 Å². The molecule has 1 aromatic carbocycles. The fourth-order valence-electron chi connectivity index (χ4n) is 4.07. The van der Waals surface area contributed by atoms with E-state index in [-0.39, 0.29) is 17.2 Å². The summed E-state index contributed by atoms with van der Waals surface area (Å²) in [6, 6.07) is 9.68. The second-order valence-corrected chi connectivity index (χ2v) is 7.05. The van der Waals surface area contributed by atoms with Crippen LogP contribution in [0.25, 0.3) is 0 Å². The fourth-order valence-corrected chi connectivity index (χ4v) is 4.07. The zero-order chi connectivity index (χ0) is 17.2. The average Bonchev–Trinajstić information content (AvgIpc) is 3.00. The van der Waals surface area contributed by atoms with E-state index in [4.69, 9.17) is 4.74 Å². The molecule has 0 unspecified atom stereocenters. The molecule has 1 saturated carbocycles. The summed E-state index contributed by atoms with van der Waals surface area (Å²) in [7, 11) is 1.65. The number of carbonyl (C=O) groups is 2. The number of hydrogen-bond acceptors (Lipinski definition) is 3. The molecule has 1 saturated heterocycles. The highest BCUT2D eigenvalue weighted by Gasteiger charge is 2.49. The van der Waals surface area contributed by atoms with Gasteiger partial charge >= 0.3 is 5.97 Å². The predicted molar refractivity (Wildman–Crippen MR) is 89.7 cm³/mol. The number of nitrogens with zero attached hydrogens (tertiary/aromatic N) is 1. The Balaban J connectivity index is 1.78. The SMILES string of the molecule is COCCC1(C(=O)N2C[C@H](C(=O)O)[C@H](c3ccccc3)C2)CCC1. The molecule has 5 nitrogen and oxygen atoms in total. The maximum atomic E-state index is 13.1. The molecule has 0 aromatic heterocycles. The third-order valence-corrected chi connectivity index (χ3v) is 5.70. The van der Waals surface area contributed by atoms with Crippen molar-refractivity contribution in [2.24, 2.45) is 11.3 Å². The van der Waals surface area contributed by atoms with Crippen molar-refractivity contribution in [3.63, 3.8) is 0 Å². The highest BCUT2D eigenvalue weighted by Crippen LogP contribution is 2.47. The summed E-state index contributed by atoms with van der Waals surface area (Å²) in [6.45, 7) is 1.38. The van der Waals surface area contributed by atoms with Crippen molar-refractivity contribution in [2.75, 3.05) is 26.8 Å². The van der Waals surface area contributed by atoms with Crippen LogP contribution in [-0.2, 0) is 14.3 Å². The molecule has 0 radical (unpaired) electrons. The van der Waals surface area contributed by atoms with Crippen molar-refractivity contribution >= 4 is 11.9 Å². The number of amides is 1. The van der Waals surface area contributed by atoms with E-state index in [2.05, 4.69) is 0 Å². The highest BCUT2D eigenvalue weighted by atomic mass is 16.5. The molecular formula is C19H25NO4. The Morgan fingerprint density at radius 2 is 1.96 bits per heavy atom. The van der Waals surface area contributed by atoms with Crippen LogP contribution in [-0.4, -0.2) is 48.7 Å². The Morgan fingerprint density at radius 1 is 1.25 bits per heavy atom. The molecule has 2 atom stereocenters. The Hall–Kier alpha value is -1.88. The van der Waals surface area contributed by atoms with Gasteiger partial charge in [-0.25, -0.2) is 0 Å². The van der Waals surface area contributed by atoms with Crippen LogP contribution >= 0.6 is 0 Å². The van der Waals surface area contributed by atoms with Crippen LogP contribution in [0.5, 0.6) is 0 Å². The molecule has 24 heavy (non-hydrogen) atoms. The zero-order valence-corrected chi connectivity index (χ0v) is 14.1. The normalized spacial score (nSPS) is 25.3. The first-order chi connectivity index (χ1) is 11.6. The molecule has 3 rings (SSSR count). The van der Waals surface area contributed by atoms with Gasteiger partial charge in [-0.1, -0.05) is 36.8 Å². The molecule has 1 N–H and O–H groups in total. The summed E-state index contributed by atoms with van der Waals surface area (Å²) in [5.41, 5.74) is 0.671. The number of carboxylic acid groups (broad SMARTS) is 1. The van der Waals surface area contributed by atoms with Crippen molar-refractivity contribution in [3.8, 4) is 0 Å². The number of hydrogen-bond donors (Lipinski definition) is 1. The van der Waals surface area contributed by atoms with Gasteiger partial charge in [0.1, 0.15) is 0 Å². The van der Waals surface area contributed by atoms with Crippen LogP contribution in [0.15, 0.2) is 30.3 Å². The summed E-state index contributed by atoms with van der Waals surface area (Å²) in [4.78, 5) is 26.6. The minimum Gasteiger partial charge on any atom is -0.481 e. The quantitative estimate of drug-likeness (QED) is 0.870. The molecule has 2 aliphatic rings. The average molecular weight is 331 g/mol. The molecule has 0 bridgehead atoms. The Morgan fingerprint density at radius 3 is 2.50 bits per heavy atom. The van der Waals surface area contributed by atoms with Gasteiger partial charge in [-0.3, -0.25) is 9.59 Å². The molecule has 2 fully saturated rings. The summed E-state index contributed by atoms with van der Waals surface area (Å²) >= 11 is 0. The first kappa shape index (κ1) is 17.0. The van der Waals surface area contributed by atoms with E-state index in [1.54, 1.807) is 12.0 Å². The van der Waals surface area contributed by atoms with Crippen molar-refractivity contribution in [1.29, 1.82) is 0 Å². The number of carboxylic acids is 1. The highest BCUT2D eigenvalue weighted by molar-refractivity contribution is 5.85. The van der Waals surface area contributed by atoms with Gasteiger partial charge in [0.15, 0.2) is 0 Å². The van der Waals surface area contributed by atoms with Gasteiger partial charge in [0.25, 0.3) is 0 Å². The molecule has 1 aliphatic carbocycles. The monoisotopic (exact) mass is 331 g/mol. The van der Waals surface area contributed by atoms with Crippen molar-refractivity contribution in [1.82, 2.24) is 4.90 Å². The van der Waals surface area contributed by atoms with E-state index in [0.29, 0.717) is 19.7 Å². The molecule has 1 amide bonds. The second-order valence-electron chi connectivity index (χ2n) is 7.05. The minimum atomic E-state index is -0.821. The van der Waals surface area contributed by atoms with Crippen LogP contribution < -0.4 is 0 Å². The Bertz CT molecular complexity index is 597. The summed E-state index contributed by atoms with van der Waals surface area (Å²) in [5.74, 6) is -1.36. The zero-order valence-electron chi connectivity index (χ0n) is 14.1. The topological polar surface area (TPSA) is 66.8 Å². The van der Waals surface area contributed by atoms with E-state index < -0.39 is 11.9 Å². The first-order valence-corrected chi connectivity index (χ1v) is 8.63. The molecule has 1 aromatic rings. The number of aliphatic carboxylic acids is 1. The summed E-state index contributed by atoms with van der Waals surface area (Å²) < 4.78 is 5.17. The van der Waals surface area contributed by atoms with Crippen molar-refractivity contribution in [3.05, 3.63) is 35.9 Å². The number of carbonyl (C=O) groups excluding carboxylic acids is 1. The molecule has 130 valence electrons. The van der Waals surface area contributed by atoms with Crippen molar-refractivity contribution < 1.29 is 19.4 Å². The number of ether oxygens (including phenoxy) is 1. The van der Waals surface area contributed by atoms with Gasteiger partial charge in [0, 0.05) is 32.7 Å². The standard InChI is InChI=1S/C19H25NO4/c1-24-11-10-19(8-5-9-19)18(23)20-12-15(16(13-20)17(21)22)14-6-3-2-4-7-14/h2-4,6-7,15-16H,5,8-13H2,1H3,(H,21,22)/t15-,16-/m0/s1. The third kappa shape index (κ3) is 3.05. The number of methoxy groups -OCH3 is 1. The van der Waals surface area contributed by atoms with Gasteiger partial charge in [-0.2, -0.15) is 0 Å². The van der Waals surface area contributed by atoms with E-state index in [1.165, 1.54) is 0 Å². The van der Waals surface area contributed by atoms with E-state index in [1.807, 2.05) is 30.3 Å². The first-order valence-electron chi connectivity index (χ1n) is 8.63. The third-order valence-electron chi connectivity index (χ3n) is 5.70. The minimum absolute atomic E-state index is 0.121. The number of likely N-dealkylation sites (tertiary alicyclic amines) is 1. The van der Waals surface area contributed by atoms with Gasteiger partial charge in [0.2, 0.25) is 5.91 Å². The maximum Gasteiger partial charge on any atom is 0.308 e. The molecule has 1 aliphatic heterocycles. The lowest BCUT2D eigenvalue weighted by Crippen LogP contribution is -2.48. The summed E-state index contributed by atoms with van der Waals surface area (Å²) in [5, 5.41) is 9.60. The van der Waals surface area contributed by atoms with E-state index in [0.717, 1.165) is 31.2 Å². The van der Waals surface area contributed by atoms with E-state index in [9.17, 15) is 14.7 Å².